The van der Waals surface area contributed by atoms with Crippen LogP contribution < -0.4 is 14.9 Å². The van der Waals surface area contributed by atoms with E-state index in [-0.39, 0.29) is 5.43 Å². The summed E-state index contributed by atoms with van der Waals surface area (Å²) >= 11 is 0. The van der Waals surface area contributed by atoms with Crippen LogP contribution in [0.15, 0.2) is 75.9 Å². The summed E-state index contributed by atoms with van der Waals surface area (Å²) < 4.78 is 17.5. The van der Waals surface area contributed by atoms with E-state index in [1.807, 2.05) is 81.4 Å². The minimum absolute atomic E-state index is 0.0790. The first-order valence-electron chi connectivity index (χ1n) is 10.0. The van der Waals surface area contributed by atoms with E-state index in [1.165, 1.54) is 0 Å². The minimum atomic E-state index is -0.0790. The van der Waals surface area contributed by atoms with Crippen LogP contribution in [0.3, 0.4) is 0 Å². The second-order valence-electron chi connectivity index (χ2n) is 7.17. The highest BCUT2D eigenvalue weighted by atomic mass is 16.5. The van der Waals surface area contributed by atoms with Crippen LogP contribution in [0.5, 0.6) is 11.5 Å². The van der Waals surface area contributed by atoms with Gasteiger partial charge in [-0.25, -0.2) is 0 Å². The summed E-state index contributed by atoms with van der Waals surface area (Å²) in [5.41, 5.74) is 2.76. The van der Waals surface area contributed by atoms with Gasteiger partial charge in [0.05, 0.1) is 17.4 Å². The zero-order valence-electron chi connectivity index (χ0n) is 17.4. The lowest BCUT2D eigenvalue weighted by atomic mass is 10.1. The van der Waals surface area contributed by atoms with Crippen molar-refractivity contribution in [3.8, 4) is 22.6 Å². The molecule has 4 nitrogen and oxygen atoms in total. The molecule has 30 heavy (non-hydrogen) atoms. The van der Waals surface area contributed by atoms with Crippen LogP contribution in [0, 0.1) is 13.8 Å². The zero-order valence-corrected chi connectivity index (χ0v) is 17.4. The monoisotopic (exact) mass is 400 g/mol. The van der Waals surface area contributed by atoms with Gasteiger partial charge in [-0.15, -0.1) is 0 Å². The molecule has 0 aliphatic rings. The predicted octanol–water partition coefficient (Wildman–Crippen LogP) is 6.05. The maximum absolute atomic E-state index is 12.9. The zero-order chi connectivity index (χ0) is 21.1. The van der Waals surface area contributed by atoms with E-state index >= 15 is 0 Å². The summed E-state index contributed by atoms with van der Waals surface area (Å²) in [5.74, 6) is 2.73. The number of rotatable bonds is 6. The number of furan rings is 1. The van der Waals surface area contributed by atoms with Crippen molar-refractivity contribution in [2.45, 2.75) is 27.4 Å². The molecule has 152 valence electrons. The maximum atomic E-state index is 12.9. The van der Waals surface area contributed by atoms with Crippen LogP contribution in [-0.4, -0.2) is 6.61 Å². The Bertz CT molecular complexity index is 1220. The minimum Gasteiger partial charge on any atom is -0.493 e. The third-order valence-corrected chi connectivity index (χ3v) is 5.06. The number of fused-ring (bicyclic) bond motifs is 1. The van der Waals surface area contributed by atoms with Gasteiger partial charge in [0.2, 0.25) is 0 Å². The van der Waals surface area contributed by atoms with Gasteiger partial charge in [0, 0.05) is 0 Å². The molecule has 0 radical (unpaired) electrons. The van der Waals surface area contributed by atoms with Crippen LogP contribution in [-0.2, 0) is 6.61 Å². The summed E-state index contributed by atoms with van der Waals surface area (Å²) in [4.78, 5) is 12.9. The van der Waals surface area contributed by atoms with Crippen molar-refractivity contribution in [2.24, 2.45) is 0 Å². The Morgan fingerprint density at radius 3 is 2.20 bits per heavy atom. The third-order valence-electron chi connectivity index (χ3n) is 5.06. The highest BCUT2D eigenvalue weighted by Gasteiger charge is 2.16. The Morgan fingerprint density at radius 1 is 0.800 bits per heavy atom. The molecule has 0 amide bonds. The molecular formula is C26H24O4. The van der Waals surface area contributed by atoms with Gasteiger partial charge in [0.1, 0.15) is 29.6 Å². The van der Waals surface area contributed by atoms with Crippen LogP contribution in [0.1, 0.15) is 24.0 Å². The van der Waals surface area contributed by atoms with Crippen LogP contribution >= 0.6 is 0 Å². The smallest absolute Gasteiger partial charge is 0.190 e. The van der Waals surface area contributed by atoms with E-state index in [0.717, 1.165) is 27.8 Å². The molecule has 1 aromatic heterocycles. The average molecular weight is 400 g/mol. The van der Waals surface area contributed by atoms with Crippen molar-refractivity contribution in [3.05, 3.63) is 94.0 Å². The molecule has 0 unspecified atom stereocenters. The number of ether oxygens (including phenoxy) is 2. The number of benzene rings is 2. The Kier molecular flexibility index (Phi) is 5.57. The fourth-order valence-electron chi connectivity index (χ4n) is 3.67. The molecule has 0 saturated heterocycles. The first-order chi connectivity index (χ1) is 14.6. The van der Waals surface area contributed by atoms with Crippen molar-refractivity contribution in [3.63, 3.8) is 0 Å². The predicted molar refractivity (Wildman–Crippen MR) is 119 cm³/mol. The highest BCUT2D eigenvalue weighted by Crippen LogP contribution is 2.33. The lowest BCUT2D eigenvalue weighted by Gasteiger charge is -2.08. The van der Waals surface area contributed by atoms with Crippen molar-refractivity contribution >= 4 is 10.8 Å². The fourth-order valence-corrected chi connectivity index (χ4v) is 3.67. The molecule has 0 aliphatic heterocycles. The van der Waals surface area contributed by atoms with E-state index in [1.54, 1.807) is 6.07 Å². The van der Waals surface area contributed by atoms with E-state index in [0.29, 0.717) is 35.9 Å². The summed E-state index contributed by atoms with van der Waals surface area (Å²) in [6.07, 6.45) is 0. The first-order valence-corrected chi connectivity index (χ1v) is 10.0. The summed E-state index contributed by atoms with van der Waals surface area (Å²) in [5, 5.41) is 1.32. The fraction of sp³-hybridized carbons (Fsp3) is 0.192. The molecule has 4 aromatic rings. The Labute approximate surface area is 175 Å². The van der Waals surface area contributed by atoms with Crippen LogP contribution in [0.2, 0.25) is 0 Å². The lowest BCUT2D eigenvalue weighted by molar-refractivity contribution is 0.306. The molecule has 0 N–H and O–H groups in total. The molecule has 0 bridgehead atoms. The first kappa shape index (κ1) is 19.8. The molecule has 3 aromatic carbocycles. The van der Waals surface area contributed by atoms with Gasteiger partial charge in [0.25, 0.3) is 0 Å². The SMILES string of the molecule is CCOc1cc(-c2ccc(OCc3ccccc3)cc2)cc(=O)c2c(C)oc(C)c12. The van der Waals surface area contributed by atoms with Gasteiger partial charge in [-0.2, -0.15) is 0 Å². The normalized spacial score (nSPS) is 10.9. The topological polar surface area (TPSA) is 48.7 Å². The second-order valence-corrected chi connectivity index (χ2v) is 7.17. The Hall–Kier alpha value is -3.53. The summed E-state index contributed by atoms with van der Waals surface area (Å²) in [6.45, 7) is 6.61. The largest absolute Gasteiger partial charge is 0.493 e. The van der Waals surface area contributed by atoms with Gasteiger partial charge in [-0.3, -0.25) is 4.79 Å². The van der Waals surface area contributed by atoms with E-state index < -0.39 is 0 Å². The van der Waals surface area contributed by atoms with E-state index in [2.05, 4.69) is 0 Å². The second kappa shape index (κ2) is 8.46. The third kappa shape index (κ3) is 3.94. The molecule has 0 fully saturated rings. The molecule has 0 aliphatic carbocycles. The summed E-state index contributed by atoms with van der Waals surface area (Å²) in [7, 11) is 0. The molecule has 0 atom stereocenters. The number of hydrogen-bond acceptors (Lipinski definition) is 4. The Balaban J connectivity index is 1.70. The highest BCUT2D eigenvalue weighted by molar-refractivity contribution is 5.92. The molecule has 4 rings (SSSR count). The van der Waals surface area contributed by atoms with Crippen molar-refractivity contribution in [2.75, 3.05) is 6.61 Å². The van der Waals surface area contributed by atoms with Crippen LogP contribution in [0.25, 0.3) is 21.9 Å². The van der Waals surface area contributed by atoms with Crippen LogP contribution in [0.4, 0.5) is 0 Å². The van der Waals surface area contributed by atoms with Gasteiger partial charge < -0.3 is 13.9 Å². The molecule has 0 saturated carbocycles. The summed E-state index contributed by atoms with van der Waals surface area (Å²) in [6, 6.07) is 21.3. The number of aryl methyl sites for hydroxylation is 2. The van der Waals surface area contributed by atoms with Gasteiger partial charge in [-0.1, -0.05) is 42.5 Å². The molecule has 4 heteroatoms. The molecule has 0 spiro atoms. The van der Waals surface area contributed by atoms with Crippen molar-refractivity contribution in [1.29, 1.82) is 0 Å². The number of hydrogen-bond donors (Lipinski definition) is 0. The van der Waals surface area contributed by atoms with E-state index in [4.69, 9.17) is 13.9 Å². The van der Waals surface area contributed by atoms with Gasteiger partial charge in [0.15, 0.2) is 5.43 Å². The molecule has 1 heterocycles. The van der Waals surface area contributed by atoms with Gasteiger partial charge in [-0.05, 0) is 61.7 Å². The van der Waals surface area contributed by atoms with Crippen molar-refractivity contribution < 1.29 is 13.9 Å². The standard InChI is InChI=1S/C26H24O4/c1-4-28-24-15-21(14-23(27)25-17(2)30-18(3)26(24)25)20-10-12-22(13-11-20)29-16-19-8-6-5-7-9-19/h5-15H,4,16H2,1-3H3. The van der Waals surface area contributed by atoms with Gasteiger partial charge >= 0.3 is 0 Å². The molecular weight excluding hydrogens is 376 g/mol. The Morgan fingerprint density at radius 2 is 1.50 bits per heavy atom. The average Bonchev–Trinajstić information content (AvgIpc) is 2.96. The lowest BCUT2D eigenvalue weighted by Crippen LogP contribution is -1.96. The van der Waals surface area contributed by atoms with E-state index in [9.17, 15) is 4.79 Å². The quantitative estimate of drug-likeness (QED) is 0.395. The van der Waals surface area contributed by atoms with Crippen molar-refractivity contribution in [1.82, 2.24) is 0 Å². The maximum Gasteiger partial charge on any atom is 0.190 e.